The Morgan fingerprint density at radius 1 is 1.14 bits per heavy atom. The standard InChI is InChI=1S/C8H8N2O4/c11-9(12)6-8(10(13)14)7-4-2-1-3-5-7/h1-5,8H,6H2. The Morgan fingerprint density at radius 3 is 2.14 bits per heavy atom. The molecule has 0 fully saturated rings. The SMILES string of the molecule is O=[N+]([O-])CC(c1ccccc1)[N+](=O)[O-]. The molecule has 0 amide bonds. The number of benzene rings is 1. The molecule has 6 heteroatoms. The predicted octanol–water partition coefficient (Wildman–Crippen LogP) is 1.28. The summed E-state index contributed by atoms with van der Waals surface area (Å²) in [4.78, 5) is 19.4. The van der Waals surface area contributed by atoms with Crippen molar-refractivity contribution < 1.29 is 9.85 Å². The molecule has 1 rings (SSSR count). The van der Waals surface area contributed by atoms with Crippen molar-refractivity contribution in [3.63, 3.8) is 0 Å². The van der Waals surface area contributed by atoms with Crippen LogP contribution in [-0.2, 0) is 0 Å². The summed E-state index contributed by atoms with van der Waals surface area (Å²) in [7, 11) is 0. The lowest BCUT2D eigenvalue weighted by Crippen LogP contribution is -2.20. The van der Waals surface area contributed by atoms with Crippen LogP contribution in [0.5, 0.6) is 0 Å². The average Bonchev–Trinajstić information content (AvgIpc) is 2.15. The van der Waals surface area contributed by atoms with Crippen molar-refractivity contribution in [1.82, 2.24) is 0 Å². The number of nitrogens with zero attached hydrogens (tertiary/aromatic N) is 2. The molecule has 0 bridgehead atoms. The monoisotopic (exact) mass is 196 g/mol. The minimum absolute atomic E-state index is 0.356. The maximum atomic E-state index is 10.5. The topological polar surface area (TPSA) is 86.3 Å². The summed E-state index contributed by atoms with van der Waals surface area (Å²) in [6.45, 7) is -0.684. The molecule has 1 aromatic carbocycles. The maximum absolute atomic E-state index is 10.5. The summed E-state index contributed by atoms with van der Waals surface area (Å²) in [5.74, 6) is 0. The van der Waals surface area contributed by atoms with Gasteiger partial charge in [-0.15, -0.1) is 0 Å². The molecule has 0 aliphatic rings. The Morgan fingerprint density at radius 2 is 1.71 bits per heavy atom. The van der Waals surface area contributed by atoms with Gasteiger partial charge >= 0.3 is 6.04 Å². The highest BCUT2D eigenvalue weighted by Gasteiger charge is 2.28. The van der Waals surface area contributed by atoms with Crippen LogP contribution in [0.1, 0.15) is 11.6 Å². The molecule has 0 spiro atoms. The molecule has 1 atom stereocenters. The van der Waals surface area contributed by atoms with E-state index in [1.807, 2.05) is 0 Å². The molecule has 6 nitrogen and oxygen atoms in total. The second-order valence-electron chi connectivity index (χ2n) is 2.73. The Kier molecular flexibility index (Phi) is 3.11. The average molecular weight is 196 g/mol. The van der Waals surface area contributed by atoms with E-state index < -0.39 is 22.4 Å². The van der Waals surface area contributed by atoms with E-state index in [1.165, 1.54) is 12.1 Å². The second-order valence-corrected chi connectivity index (χ2v) is 2.73. The largest absolute Gasteiger partial charge is 0.301 e. The molecule has 0 saturated heterocycles. The van der Waals surface area contributed by atoms with E-state index in [0.29, 0.717) is 5.56 Å². The predicted molar refractivity (Wildman–Crippen MR) is 48.0 cm³/mol. The summed E-state index contributed by atoms with van der Waals surface area (Å²) in [6.07, 6.45) is 0. The van der Waals surface area contributed by atoms with Crippen molar-refractivity contribution in [2.75, 3.05) is 6.54 Å². The highest BCUT2D eigenvalue weighted by molar-refractivity contribution is 5.17. The molecule has 0 heterocycles. The van der Waals surface area contributed by atoms with Crippen molar-refractivity contribution in [1.29, 1.82) is 0 Å². The third-order valence-corrected chi connectivity index (χ3v) is 1.76. The Labute approximate surface area is 79.5 Å². The summed E-state index contributed by atoms with van der Waals surface area (Å²) in [6, 6.07) is 6.70. The zero-order valence-electron chi connectivity index (χ0n) is 7.20. The lowest BCUT2D eigenvalue weighted by atomic mass is 10.1. The van der Waals surface area contributed by atoms with Crippen LogP contribution in [0.15, 0.2) is 30.3 Å². The molecule has 0 aliphatic heterocycles. The zero-order valence-corrected chi connectivity index (χ0v) is 7.20. The van der Waals surface area contributed by atoms with Crippen LogP contribution < -0.4 is 0 Å². The van der Waals surface area contributed by atoms with Crippen molar-refractivity contribution >= 4 is 0 Å². The van der Waals surface area contributed by atoms with Gasteiger partial charge in [-0.3, -0.25) is 20.2 Å². The molecule has 0 aromatic heterocycles. The normalized spacial score (nSPS) is 12.0. The minimum Gasteiger partial charge on any atom is -0.264 e. The number of hydrogen-bond donors (Lipinski definition) is 0. The fourth-order valence-corrected chi connectivity index (χ4v) is 1.11. The van der Waals surface area contributed by atoms with Gasteiger partial charge in [0.25, 0.3) is 6.54 Å². The lowest BCUT2D eigenvalue weighted by Gasteiger charge is -2.04. The van der Waals surface area contributed by atoms with Gasteiger partial charge in [-0.05, 0) is 0 Å². The van der Waals surface area contributed by atoms with Gasteiger partial charge in [0.15, 0.2) is 0 Å². The second kappa shape index (κ2) is 4.31. The molecular formula is C8H8N2O4. The van der Waals surface area contributed by atoms with Crippen molar-refractivity contribution in [3.8, 4) is 0 Å². The quantitative estimate of drug-likeness (QED) is 0.536. The van der Waals surface area contributed by atoms with E-state index in [1.54, 1.807) is 18.2 Å². The molecule has 0 saturated carbocycles. The van der Waals surface area contributed by atoms with Gasteiger partial charge in [0.05, 0.1) is 0 Å². The van der Waals surface area contributed by atoms with Crippen molar-refractivity contribution in [2.45, 2.75) is 6.04 Å². The van der Waals surface area contributed by atoms with Gasteiger partial charge in [-0.25, -0.2) is 0 Å². The van der Waals surface area contributed by atoms with Gasteiger partial charge in [-0.2, -0.15) is 0 Å². The smallest absolute Gasteiger partial charge is 0.264 e. The summed E-state index contributed by atoms with van der Waals surface area (Å²) in [5, 5.41) is 20.7. The highest BCUT2D eigenvalue weighted by atomic mass is 16.6. The lowest BCUT2D eigenvalue weighted by molar-refractivity contribution is -0.593. The number of hydrogen-bond acceptors (Lipinski definition) is 4. The van der Waals surface area contributed by atoms with E-state index >= 15 is 0 Å². The summed E-state index contributed by atoms with van der Waals surface area (Å²) < 4.78 is 0. The van der Waals surface area contributed by atoms with Gasteiger partial charge in [0, 0.05) is 15.4 Å². The molecule has 0 radical (unpaired) electrons. The zero-order chi connectivity index (χ0) is 10.6. The minimum atomic E-state index is -1.26. The van der Waals surface area contributed by atoms with Gasteiger partial charge in [0.1, 0.15) is 0 Å². The van der Waals surface area contributed by atoms with Gasteiger partial charge < -0.3 is 0 Å². The first-order chi connectivity index (χ1) is 6.61. The summed E-state index contributed by atoms with van der Waals surface area (Å²) in [5.41, 5.74) is 0.356. The van der Waals surface area contributed by atoms with Crippen molar-refractivity contribution in [2.24, 2.45) is 0 Å². The van der Waals surface area contributed by atoms with Gasteiger partial charge in [-0.1, -0.05) is 30.3 Å². The highest BCUT2D eigenvalue weighted by Crippen LogP contribution is 2.15. The molecular weight excluding hydrogens is 188 g/mol. The third kappa shape index (κ3) is 2.51. The molecule has 14 heavy (non-hydrogen) atoms. The molecule has 0 aliphatic carbocycles. The Bertz CT molecular complexity index is 338. The van der Waals surface area contributed by atoms with Crippen LogP contribution in [0, 0.1) is 20.2 Å². The van der Waals surface area contributed by atoms with E-state index in [2.05, 4.69) is 0 Å². The van der Waals surface area contributed by atoms with Crippen molar-refractivity contribution in [3.05, 3.63) is 56.1 Å². The van der Waals surface area contributed by atoms with Crippen LogP contribution in [0.2, 0.25) is 0 Å². The summed E-state index contributed by atoms with van der Waals surface area (Å²) >= 11 is 0. The van der Waals surface area contributed by atoms with Gasteiger partial charge in [0.2, 0.25) is 0 Å². The molecule has 74 valence electrons. The number of rotatable bonds is 4. The maximum Gasteiger partial charge on any atom is 0.301 e. The first-order valence-corrected chi connectivity index (χ1v) is 3.91. The van der Waals surface area contributed by atoms with Crippen LogP contribution in [0.4, 0.5) is 0 Å². The molecule has 0 N–H and O–H groups in total. The van der Waals surface area contributed by atoms with Crippen LogP contribution in [0.3, 0.4) is 0 Å². The first kappa shape index (κ1) is 10.1. The molecule has 1 unspecified atom stereocenters. The fraction of sp³-hybridized carbons (Fsp3) is 0.250. The fourth-order valence-electron chi connectivity index (χ4n) is 1.11. The van der Waals surface area contributed by atoms with E-state index in [4.69, 9.17) is 0 Å². The van der Waals surface area contributed by atoms with Crippen LogP contribution >= 0.6 is 0 Å². The Hall–Kier alpha value is -1.98. The number of nitro groups is 2. The Balaban J connectivity index is 2.89. The third-order valence-electron chi connectivity index (χ3n) is 1.76. The van der Waals surface area contributed by atoms with Crippen LogP contribution in [0.25, 0.3) is 0 Å². The first-order valence-electron chi connectivity index (χ1n) is 3.91. The van der Waals surface area contributed by atoms with E-state index in [-0.39, 0.29) is 0 Å². The van der Waals surface area contributed by atoms with E-state index in [0.717, 1.165) is 0 Å². The van der Waals surface area contributed by atoms with Crippen LogP contribution in [-0.4, -0.2) is 16.4 Å². The molecule has 1 aromatic rings. The van der Waals surface area contributed by atoms with E-state index in [9.17, 15) is 20.2 Å².